The molecule has 3 rings (SSSR count). The smallest absolute Gasteiger partial charge is 0.257 e. The zero-order valence-corrected chi connectivity index (χ0v) is 11.9. The van der Waals surface area contributed by atoms with Gasteiger partial charge in [-0.05, 0) is 49.7 Å². The van der Waals surface area contributed by atoms with E-state index in [4.69, 9.17) is 0 Å². The normalized spacial score (nSPS) is 10.6. The molecule has 0 saturated heterocycles. The minimum absolute atomic E-state index is 0.170. The number of carbonyl (C=O) groups excluding carboxylic acids is 1. The molecule has 1 N–H and O–H groups in total. The zero-order valence-electron chi connectivity index (χ0n) is 11.9. The fourth-order valence-electron chi connectivity index (χ4n) is 2.22. The molecule has 0 unspecified atom stereocenters. The molecule has 0 bridgehead atoms. The molecule has 0 radical (unpaired) electrons. The molecule has 21 heavy (non-hydrogen) atoms. The lowest BCUT2D eigenvalue weighted by Gasteiger charge is -2.10. The first kappa shape index (κ1) is 13.2. The Bertz CT molecular complexity index is 810. The second-order valence-corrected chi connectivity index (χ2v) is 4.97. The summed E-state index contributed by atoms with van der Waals surface area (Å²) in [5.74, 6) is -0.170. The second-order valence-electron chi connectivity index (χ2n) is 4.97. The van der Waals surface area contributed by atoms with Gasteiger partial charge < -0.3 is 5.32 Å². The number of anilines is 1. The Balaban J connectivity index is 1.97. The van der Waals surface area contributed by atoms with E-state index in [2.05, 4.69) is 15.3 Å². The molecule has 1 amide bonds. The Morgan fingerprint density at radius 1 is 1.05 bits per heavy atom. The van der Waals surface area contributed by atoms with Gasteiger partial charge in [-0.25, -0.2) is 0 Å². The Morgan fingerprint density at radius 2 is 1.90 bits per heavy atom. The lowest BCUT2D eigenvalue weighted by Crippen LogP contribution is -2.12. The van der Waals surface area contributed by atoms with Gasteiger partial charge >= 0.3 is 0 Å². The van der Waals surface area contributed by atoms with E-state index >= 15 is 0 Å². The fourth-order valence-corrected chi connectivity index (χ4v) is 2.22. The maximum Gasteiger partial charge on any atom is 0.257 e. The average Bonchev–Trinajstić information content (AvgIpc) is 2.51. The van der Waals surface area contributed by atoms with Crippen LogP contribution < -0.4 is 5.32 Å². The molecule has 1 aromatic carbocycles. The Kier molecular flexibility index (Phi) is 3.36. The third kappa shape index (κ3) is 2.60. The van der Waals surface area contributed by atoms with Crippen molar-refractivity contribution in [3.8, 4) is 0 Å². The molecule has 2 heterocycles. The number of aromatic nitrogens is 2. The van der Waals surface area contributed by atoms with Crippen LogP contribution >= 0.6 is 0 Å². The number of hydrogen-bond donors (Lipinski definition) is 1. The van der Waals surface area contributed by atoms with Crippen LogP contribution in [0.2, 0.25) is 0 Å². The maximum absolute atomic E-state index is 12.3. The van der Waals surface area contributed by atoms with E-state index in [1.807, 2.05) is 44.2 Å². The minimum atomic E-state index is -0.170. The molecule has 2 aromatic heterocycles. The van der Waals surface area contributed by atoms with E-state index < -0.39 is 0 Å². The summed E-state index contributed by atoms with van der Waals surface area (Å²) in [6.45, 7) is 3.89. The van der Waals surface area contributed by atoms with Crippen molar-refractivity contribution in [1.29, 1.82) is 0 Å². The maximum atomic E-state index is 12.3. The van der Waals surface area contributed by atoms with Crippen molar-refractivity contribution in [2.75, 3.05) is 5.32 Å². The van der Waals surface area contributed by atoms with Gasteiger partial charge in [0.1, 0.15) is 0 Å². The number of nitrogens with one attached hydrogen (secondary N) is 1. The van der Waals surface area contributed by atoms with E-state index in [0.717, 1.165) is 27.8 Å². The number of nitrogens with zero attached hydrogens (tertiary/aromatic N) is 2. The van der Waals surface area contributed by atoms with E-state index in [0.29, 0.717) is 5.56 Å². The van der Waals surface area contributed by atoms with Crippen LogP contribution in [0.15, 0.2) is 48.8 Å². The quantitative estimate of drug-likeness (QED) is 0.780. The van der Waals surface area contributed by atoms with E-state index in [1.54, 1.807) is 18.5 Å². The summed E-state index contributed by atoms with van der Waals surface area (Å²) in [4.78, 5) is 20.8. The summed E-state index contributed by atoms with van der Waals surface area (Å²) in [5.41, 5.74) is 4.17. The van der Waals surface area contributed by atoms with Crippen LogP contribution in [-0.2, 0) is 0 Å². The van der Waals surface area contributed by atoms with Crippen LogP contribution in [0.25, 0.3) is 10.9 Å². The van der Waals surface area contributed by atoms with Crippen molar-refractivity contribution in [2.24, 2.45) is 0 Å². The van der Waals surface area contributed by atoms with Crippen LogP contribution in [0.5, 0.6) is 0 Å². The molecule has 0 atom stereocenters. The monoisotopic (exact) mass is 277 g/mol. The molecular formula is C17H15N3O. The number of amides is 1. The number of carbonyl (C=O) groups is 1. The van der Waals surface area contributed by atoms with E-state index in [-0.39, 0.29) is 5.91 Å². The molecule has 104 valence electrons. The first-order valence-electron chi connectivity index (χ1n) is 6.73. The number of hydrogen-bond acceptors (Lipinski definition) is 3. The minimum Gasteiger partial charge on any atom is -0.321 e. The summed E-state index contributed by atoms with van der Waals surface area (Å²) in [5, 5.41) is 3.86. The first-order chi connectivity index (χ1) is 10.1. The van der Waals surface area contributed by atoms with Gasteiger partial charge in [-0.2, -0.15) is 0 Å². The van der Waals surface area contributed by atoms with Crippen molar-refractivity contribution in [3.63, 3.8) is 0 Å². The summed E-state index contributed by atoms with van der Waals surface area (Å²) >= 11 is 0. The Hall–Kier alpha value is -2.75. The van der Waals surface area contributed by atoms with Gasteiger partial charge in [-0.1, -0.05) is 6.07 Å². The topological polar surface area (TPSA) is 54.9 Å². The average molecular weight is 277 g/mol. The molecule has 4 heteroatoms. The highest BCUT2D eigenvalue weighted by Gasteiger charge is 2.10. The fraction of sp³-hybridized carbons (Fsp3) is 0.118. The van der Waals surface area contributed by atoms with Gasteiger partial charge in [0, 0.05) is 23.5 Å². The van der Waals surface area contributed by atoms with E-state index in [9.17, 15) is 4.79 Å². The summed E-state index contributed by atoms with van der Waals surface area (Å²) in [6.07, 6.45) is 3.34. The SMILES string of the molecule is Cc1ccc(C(=O)Nc2ccc(C)c3ncccc23)cn1. The Labute approximate surface area is 122 Å². The molecule has 0 fully saturated rings. The molecule has 0 aliphatic heterocycles. The van der Waals surface area contributed by atoms with Gasteiger partial charge in [0.05, 0.1) is 16.8 Å². The number of benzene rings is 1. The highest BCUT2D eigenvalue weighted by atomic mass is 16.1. The third-order valence-electron chi connectivity index (χ3n) is 3.39. The van der Waals surface area contributed by atoms with Gasteiger partial charge in [-0.15, -0.1) is 0 Å². The van der Waals surface area contributed by atoms with Crippen molar-refractivity contribution in [3.05, 3.63) is 65.6 Å². The summed E-state index contributed by atoms with van der Waals surface area (Å²) in [7, 11) is 0. The lowest BCUT2D eigenvalue weighted by atomic mass is 10.1. The largest absolute Gasteiger partial charge is 0.321 e. The van der Waals surface area contributed by atoms with Gasteiger partial charge in [0.2, 0.25) is 0 Å². The van der Waals surface area contributed by atoms with Crippen molar-refractivity contribution < 1.29 is 4.79 Å². The van der Waals surface area contributed by atoms with Crippen molar-refractivity contribution in [1.82, 2.24) is 9.97 Å². The molecular weight excluding hydrogens is 262 g/mol. The highest BCUT2D eigenvalue weighted by molar-refractivity contribution is 6.08. The number of rotatable bonds is 2. The molecule has 4 nitrogen and oxygen atoms in total. The molecule has 0 spiro atoms. The van der Waals surface area contributed by atoms with E-state index in [1.165, 1.54) is 0 Å². The van der Waals surface area contributed by atoms with Crippen LogP contribution in [0.4, 0.5) is 5.69 Å². The number of fused-ring (bicyclic) bond motifs is 1. The number of pyridine rings is 2. The van der Waals surface area contributed by atoms with Crippen molar-refractivity contribution >= 4 is 22.5 Å². The highest BCUT2D eigenvalue weighted by Crippen LogP contribution is 2.24. The second kappa shape index (κ2) is 5.32. The standard InChI is InChI=1S/C17H15N3O/c1-11-5-8-15(14-4-3-9-18-16(11)14)20-17(21)13-7-6-12(2)19-10-13/h3-10H,1-2H3,(H,20,21). The Morgan fingerprint density at radius 3 is 2.67 bits per heavy atom. The van der Waals surface area contributed by atoms with Crippen LogP contribution in [0, 0.1) is 13.8 Å². The lowest BCUT2D eigenvalue weighted by molar-refractivity contribution is 0.102. The van der Waals surface area contributed by atoms with Crippen LogP contribution in [-0.4, -0.2) is 15.9 Å². The zero-order chi connectivity index (χ0) is 14.8. The van der Waals surface area contributed by atoms with Crippen molar-refractivity contribution in [2.45, 2.75) is 13.8 Å². The van der Waals surface area contributed by atoms with Crippen LogP contribution in [0.1, 0.15) is 21.6 Å². The third-order valence-corrected chi connectivity index (χ3v) is 3.39. The van der Waals surface area contributed by atoms with Gasteiger partial charge in [0.15, 0.2) is 0 Å². The van der Waals surface area contributed by atoms with Gasteiger partial charge in [0.25, 0.3) is 5.91 Å². The molecule has 3 aromatic rings. The molecule has 0 aliphatic rings. The number of aryl methyl sites for hydroxylation is 2. The van der Waals surface area contributed by atoms with Gasteiger partial charge in [-0.3, -0.25) is 14.8 Å². The summed E-state index contributed by atoms with van der Waals surface area (Å²) < 4.78 is 0. The first-order valence-corrected chi connectivity index (χ1v) is 6.73. The molecule has 0 saturated carbocycles. The predicted octanol–water partition coefficient (Wildman–Crippen LogP) is 3.50. The molecule has 0 aliphatic carbocycles. The van der Waals surface area contributed by atoms with Crippen LogP contribution in [0.3, 0.4) is 0 Å². The summed E-state index contributed by atoms with van der Waals surface area (Å²) in [6, 6.07) is 11.3. The predicted molar refractivity (Wildman–Crippen MR) is 83.4 cm³/mol.